The van der Waals surface area contributed by atoms with Crippen LogP contribution >= 0.6 is 0 Å². The van der Waals surface area contributed by atoms with Crippen molar-refractivity contribution in [3.8, 4) is 0 Å². The van der Waals surface area contributed by atoms with Gasteiger partial charge in [0.2, 0.25) is 0 Å². The molecule has 0 atom stereocenters. The van der Waals surface area contributed by atoms with Crippen LogP contribution in [-0.4, -0.2) is 15.0 Å². The molecule has 344 valence electrons. The smallest absolute Gasteiger partial charge is 0.207 e. The molecule has 6 rings (SSSR count). The number of halogens is 21. The van der Waals surface area contributed by atoms with Crippen molar-refractivity contribution < 1.29 is 109 Å². The first kappa shape index (κ1) is 50.2. The van der Waals surface area contributed by atoms with Crippen molar-refractivity contribution in [1.29, 1.82) is 0 Å². The Bertz CT molecular complexity index is 2270. The highest BCUT2D eigenvalue weighted by atomic mass is 127. The summed E-state index contributed by atoms with van der Waals surface area (Å²) >= 11 is 0.272. The molecule has 0 aromatic heterocycles. The lowest BCUT2D eigenvalue weighted by molar-refractivity contribution is -0.639. The number of allylic oxidation sites excluding steroid dienone is 8. The monoisotopic (exact) mass is 1050 g/mol. The van der Waals surface area contributed by atoms with E-state index in [1.807, 2.05) is 0 Å². The molecule has 2 aliphatic rings. The molecule has 0 aliphatic heterocycles. The molecule has 4 aromatic rings. The predicted octanol–water partition coefficient (Wildman–Crippen LogP) is 7.75. The molecule has 0 nitrogen and oxygen atoms in total. The highest BCUT2D eigenvalue weighted by molar-refractivity contribution is 7.20. The van der Waals surface area contributed by atoms with Crippen LogP contribution in [0.4, 0.5) is 87.8 Å². The SMILES string of the molecule is CC1(C)C=CC(C[I+]CC2=CCC(C)(C)C=C2)=CC1.Fc1c(F)c(F)c([B-](c2c(F)c(F)c(F)c(F)c2F)(c2c(F)c(F)c(F)c(F)c2F)c2c(F)c(F)c(F)c(F)c2F)c(F)c1F. The van der Waals surface area contributed by atoms with E-state index in [-0.39, 0.29) is 21.2 Å². The summed E-state index contributed by atoms with van der Waals surface area (Å²) in [5, 5.41) is 0. The molecule has 0 spiro atoms. The molecule has 0 unspecified atom stereocenters. The first-order chi connectivity index (χ1) is 29.6. The Kier molecular flexibility index (Phi) is 14.3. The van der Waals surface area contributed by atoms with Crippen LogP contribution in [0.2, 0.25) is 0 Å². The standard InChI is InChI=1S/C24BF20.C18H26I/c26-5-1(6(27)14(35)21(42)13(5)34)25(2-7(28)15(36)22(43)16(37)8(2)29,3-9(30)17(38)23(44)18(39)10(3)31)4-11(32)19(40)24(45)20(41)12(4)33;1-17(2)9-5-15(6-10-17)13-19-14-16-7-11-18(3,4)12-8-16/h;5-9,11H,10,12-14H2,1-4H3/q-1;+1. The van der Waals surface area contributed by atoms with Crippen molar-refractivity contribution in [2.45, 2.75) is 40.5 Å². The van der Waals surface area contributed by atoms with Crippen molar-refractivity contribution in [3.63, 3.8) is 0 Å². The van der Waals surface area contributed by atoms with Gasteiger partial charge in [0, 0.05) is 0 Å². The molecule has 64 heavy (non-hydrogen) atoms. The van der Waals surface area contributed by atoms with Gasteiger partial charge in [-0.25, -0.2) is 87.8 Å². The molecular weight excluding hydrogens is 1020 g/mol. The Morgan fingerprint density at radius 2 is 0.531 bits per heavy atom. The summed E-state index contributed by atoms with van der Waals surface area (Å²) in [5.41, 5.74) is -10.4. The summed E-state index contributed by atoms with van der Waals surface area (Å²) in [6, 6.07) is 0. The summed E-state index contributed by atoms with van der Waals surface area (Å²) in [4.78, 5) is 0. The quantitative estimate of drug-likeness (QED) is 0.0424. The normalized spacial score (nSPS) is 15.6. The molecule has 0 saturated heterocycles. The number of rotatable bonds is 8. The second-order valence-corrected chi connectivity index (χ2v) is 18.5. The van der Waals surface area contributed by atoms with Crippen molar-refractivity contribution in [1.82, 2.24) is 0 Å². The third-order valence-electron chi connectivity index (χ3n) is 10.5. The van der Waals surface area contributed by atoms with Crippen molar-refractivity contribution >= 4 is 28.0 Å². The summed E-state index contributed by atoms with van der Waals surface area (Å²) in [6.07, 6.45) is 9.59. The summed E-state index contributed by atoms with van der Waals surface area (Å²) in [6.45, 7) is 9.24. The van der Waals surface area contributed by atoms with E-state index in [9.17, 15) is 52.7 Å². The Hall–Kier alpha value is -4.77. The summed E-state index contributed by atoms with van der Waals surface area (Å²) in [5.74, 6) is -71.4. The molecule has 0 heterocycles. The van der Waals surface area contributed by atoms with E-state index in [1.54, 1.807) is 11.1 Å². The fraction of sp³-hybridized carbons (Fsp3) is 0.238. The van der Waals surface area contributed by atoms with Crippen LogP contribution in [0.25, 0.3) is 0 Å². The lowest BCUT2D eigenvalue weighted by Crippen LogP contribution is -3.63. The highest BCUT2D eigenvalue weighted by Crippen LogP contribution is 2.32. The molecule has 2 aliphatic carbocycles. The fourth-order valence-electron chi connectivity index (χ4n) is 7.06. The Balaban J connectivity index is 0.000000337. The maximum atomic E-state index is 15.4. The minimum absolute atomic E-state index is 0.272. The second kappa shape index (κ2) is 18.3. The van der Waals surface area contributed by atoms with E-state index >= 15 is 35.1 Å². The Morgan fingerprint density at radius 3 is 0.703 bits per heavy atom. The van der Waals surface area contributed by atoms with Gasteiger partial charge in [-0.15, -0.1) is 21.9 Å². The predicted molar refractivity (Wildman–Crippen MR) is 190 cm³/mol. The maximum absolute atomic E-state index is 15.4. The van der Waals surface area contributed by atoms with Crippen LogP contribution in [-0.2, 0) is 0 Å². The zero-order chi connectivity index (χ0) is 48.3. The Labute approximate surface area is 360 Å². The molecule has 0 fully saturated rings. The van der Waals surface area contributed by atoms with Gasteiger partial charge in [-0.05, 0) is 34.8 Å². The van der Waals surface area contributed by atoms with Gasteiger partial charge >= 0.3 is 0 Å². The topological polar surface area (TPSA) is 0 Å². The highest BCUT2D eigenvalue weighted by Gasteiger charge is 2.52. The lowest BCUT2D eigenvalue weighted by atomic mass is 9.12. The maximum Gasteiger partial charge on any atom is 0.278 e. The zero-order valence-electron chi connectivity index (χ0n) is 32.8. The van der Waals surface area contributed by atoms with Crippen molar-refractivity contribution in [2.75, 3.05) is 8.86 Å². The number of benzene rings is 4. The largest absolute Gasteiger partial charge is 0.278 e. The van der Waals surface area contributed by atoms with E-state index in [2.05, 4.69) is 64.2 Å². The van der Waals surface area contributed by atoms with Gasteiger partial charge in [0.05, 0.1) is 0 Å². The van der Waals surface area contributed by atoms with Gasteiger partial charge in [-0.3, -0.25) is 0 Å². The lowest BCUT2D eigenvalue weighted by Gasteiger charge is -2.44. The summed E-state index contributed by atoms with van der Waals surface area (Å²) in [7, 11) is 0. The molecule has 0 amide bonds. The first-order valence-corrected chi connectivity index (χ1v) is 21.1. The fourth-order valence-corrected chi connectivity index (χ4v) is 9.71. The van der Waals surface area contributed by atoms with E-state index in [1.165, 1.54) is 21.7 Å². The molecular formula is C42H26BF20I. The Morgan fingerprint density at radius 1 is 0.344 bits per heavy atom. The molecule has 0 radical (unpaired) electrons. The number of hydrogen-bond donors (Lipinski definition) is 0. The van der Waals surface area contributed by atoms with E-state index in [0.717, 1.165) is 0 Å². The molecule has 0 N–H and O–H groups in total. The minimum Gasteiger partial charge on any atom is -0.207 e. The van der Waals surface area contributed by atoms with Crippen LogP contribution in [0.5, 0.6) is 0 Å². The average Bonchev–Trinajstić information content (AvgIpc) is 3.25. The average molecular weight is 1050 g/mol. The van der Waals surface area contributed by atoms with E-state index in [4.69, 9.17) is 0 Å². The number of hydrogen-bond acceptors (Lipinski definition) is 0. The van der Waals surface area contributed by atoms with Gasteiger partial charge in [-0.2, -0.15) is 0 Å². The van der Waals surface area contributed by atoms with Gasteiger partial charge in [-0.1, -0.05) is 64.2 Å². The first-order valence-electron chi connectivity index (χ1n) is 18.1. The van der Waals surface area contributed by atoms with Crippen LogP contribution in [0.1, 0.15) is 40.5 Å². The number of alkyl halides is 2. The van der Waals surface area contributed by atoms with Gasteiger partial charge < -0.3 is 0 Å². The van der Waals surface area contributed by atoms with Crippen LogP contribution < -0.4 is 43.1 Å². The molecule has 22 heteroatoms. The second-order valence-electron chi connectivity index (χ2n) is 15.9. The third kappa shape index (κ3) is 8.58. The van der Waals surface area contributed by atoms with Crippen LogP contribution in [0.15, 0.2) is 47.6 Å². The minimum atomic E-state index is -7.22. The third-order valence-corrected chi connectivity index (χ3v) is 13.3. The molecule has 0 saturated carbocycles. The van der Waals surface area contributed by atoms with Gasteiger partial charge in [0.15, 0.2) is 78.7 Å². The van der Waals surface area contributed by atoms with E-state index in [0.29, 0.717) is 10.8 Å². The van der Waals surface area contributed by atoms with Crippen LogP contribution in [0, 0.1) is 127 Å². The van der Waals surface area contributed by atoms with Crippen LogP contribution in [0.3, 0.4) is 0 Å². The van der Waals surface area contributed by atoms with Crippen molar-refractivity contribution in [3.05, 3.63) is 164 Å². The molecule has 4 aromatic carbocycles. The van der Waals surface area contributed by atoms with Gasteiger partial charge in [0.25, 0.3) is 21.2 Å². The zero-order valence-corrected chi connectivity index (χ0v) is 35.0. The summed E-state index contributed by atoms with van der Waals surface area (Å²) < 4.78 is 297. The van der Waals surface area contributed by atoms with Gasteiger partial charge in [0.1, 0.15) is 52.7 Å². The van der Waals surface area contributed by atoms with E-state index < -0.39 is 144 Å². The molecule has 0 bridgehead atoms. The van der Waals surface area contributed by atoms with Crippen molar-refractivity contribution in [2.24, 2.45) is 10.8 Å².